The van der Waals surface area contributed by atoms with Gasteiger partial charge in [0.05, 0.1) is 0 Å². The molecule has 3 nitrogen and oxygen atoms in total. The summed E-state index contributed by atoms with van der Waals surface area (Å²) in [6, 6.07) is 5.59. The molecule has 0 aliphatic rings. The van der Waals surface area contributed by atoms with Gasteiger partial charge in [-0.2, -0.15) is 0 Å². The van der Waals surface area contributed by atoms with Crippen LogP contribution < -0.4 is 11.1 Å². The predicted octanol–water partition coefficient (Wildman–Crippen LogP) is 2.28. The average Bonchev–Trinajstić information content (AvgIpc) is 2.18. The summed E-state index contributed by atoms with van der Waals surface area (Å²) in [5.41, 5.74) is 7.41. The molecule has 0 aliphatic carbocycles. The zero-order valence-electron chi connectivity index (χ0n) is 9.75. The average molecular weight is 285 g/mol. The number of amides is 1. The number of hydrogen-bond donors (Lipinski definition) is 2. The number of primary amides is 1. The highest BCUT2D eigenvalue weighted by Crippen LogP contribution is 2.22. The number of carbonyl (C=O) groups excluding carboxylic acids is 1. The number of rotatable bonds is 4. The molecule has 0 aliphatic heterocycles. The molecule has 0 saturated carbocycles. The van der Waals surface area contributed by atoms with E-state index in [9.17, 15) is 4.79 Å². The molecular formula is C12H17BrN2O. The summed E-state index contributed by atoms with van der Waals surface area (Å²) in [6.07, 6.45) is 0. The van der Waals surface area contributed by atoms with E-state index in [1.165, 1.54) is 0 Å². The van der Waals surface area contributed by atoms with E-state index in [1.807, 2.05) is 39.0 Å². The fourth-order valence-electron chi connectivity index (χ4n) is 1.46. The molecule has 0 bridgehead atoms. The fourth-order valence-corrected chi connectivity index (χ4v) is 1.86. The standard InChI is InChI=1S/C12H17BrN2O/c1-7(2)15-11(12(14)16)9-5-4-8(3)10(13)6-9/h4-7,11,15H,1-3H3,(H2,14,16). The van der Waals surface area contributed by atoms with Gasteiger partial charge >= 0.3 is 0 Å². The lowest BCUT2D eigenvalue weighted by Crippen LogP contribution is -2.37. The first-order valence-corrected chi connectivity index (χ1v) is 6.02. The number of carbonyl (C=O) groups is 1. The summed E-state index contributed by atoms with van der Waals surface area (Å²) in [5.74, 6) is -0.357. The van der Waals surface area contributed by atoms with Crippen molar-refractivity contribution < 1.29 is 4.79 Å². The monoisotopic (exact) mass is 284 g/mol. The lowest BCUT2D eigenvalue weighted by Gasteiger charge is -2.19. The Bertz CT molecular complexity index is 391. The fraction of sp³-hybridized carbons (Fsp3) is 0.417. The SMILES string of the molecule is Cc1ccc(C(NC(C)C)C(N)=O)cc1Br. The molecule has 1 aromatic rings. The molecule has 0 fully saturated rings. The summed E-state index contributed by atoms with van der Waals surface area (Å²) in [7, 11) is 0. The van der Waals surface area contributed by atoms with E-state index in [-0.39, 0.29) is 11.9 Å². The smallest absolute Gasteiger partial charge is 0.239 e. The first kappa shape index (κ1) is 13.2. The molecule has 0 radical (unpaired) electrons. The van der Waals surface area contributed by atoms with Gasteiger partial charge in [-0.05, 0) is 38.0 Å². The van der Waals surface area contributed by atoms with Gasteiger partial charge in [0.15, 0.2) is 0 Å². The Morgan fingerprint density at radius 1 is 1.44 bits per heavy atom. The van der Waals surface area contributed by atoms with Gasteiger partial charge in [0.25, 0.3) is 0 Å². The quantitative estimate of drug-likeness (QED) is 0.891. The lowest BCUT2D eigenvalue weighted by molar-refractivity contribution is -0.120. The van der Waals surface area contributed by atoms with Crippen molar-refractivity contribution in [2.24, 2.45) is 5.73 Å². The van der Waals surface area contributed by atoms with Gasteiger partial charge in [-0.1, -0.05) is 28.1 Å². The summed E-state index contributed by atoms with van der Waals surface area (Å²) in [6.45, 7) is 5.97. The summed E-state index contributed by atoms with van der Waals surface area (Å²) < 4.78 is 0.988. The number of benzene rings is 1. The highest BCUT2D eigenvalue weighted by Gasteiger charge is 2.18. The summed E-state index contributed by atoms with van der Waals surface area (Å²) in [5, 5.41) is 3.15. The van der Waals surface area contributed by atoms with E-state index in [0.717, 1.165) is 15.6 Å². The maximum atomic E-state index is 11.4. The van der Waals surface area contributed by atoms with Crippen LogP contribution in [0, 0.1) is 6.92 Å². The second kappa shape index (κ2) is 5.46. The molecule has 0 saturated heterocycles. The van der Waals surface area contributed by atoms with Crippen molar-refractivity contribution in [1.82, 2.24) is 5.32 Å². The third-order valence-corrected chi connectivity index (χ3v) is 3.17. The molecular weight excluding hydrogens is 268 g/mol. The molecule has 1 rings (SSSR count). The van der Waals surface area contributed by atoms with Crippen LogP contribution in [0.5, 0.6) is 0 Å². The predicted molar refractivity (Wildman–Crippen MR) is 69.1 cm³/mol. The van der Waals surface area contributed by atoms with Crippen molar-refractivity contribution in [1.29, 1.82) is 0 Å². The first-order valence-electron chi connectivity index (χ1n) is 5.23. The van der Waals surface area contributed by atoms with E-state index in [0.29, 0.717) is 0 Å². The van der Waals surface area contributed by atoms with Crippen molar-refractivity contribution >= 4 is 21.8 Å². The first-order chi connectivity index (χ1) is 7.41. The minimum atomic E-state index is -0.433. The molecule has 88 valence electrons. The van der Waals surface area contributed by atoms with Crippen LogP contribution in [0.1, 0.15) is 31.0 Å². The van der Waals surface area contributed by atoms with Crippen LogP contribution in [0.25, 0.3) is 0 Å². The van der Waals surface area contributed by atoms with Gasteiger partial charge < -0.3 is 5.73 Å². The molecule has 4 heteroatoms. The third kappa shape index (κ3) is 3.32. The number of nitrogens with one attached hydrogen (secondary N) is 1. The molecule has 0 aromatic heterocycles. The van der Waals surface area contributed by atoms with E-state index in [2.05, 4.69) is 21.2 Å². The molecule has 0 heterocycles. The summed E-state index contributed by atoms with van der Waals surface area (Å²) >= 11 is 3.45. The van der Waals surface area contributed by atoms with Crippen molar-refractivity contribution in [3.05, 3.63) is 33.8 Å². The van der Waals surface area contributed by atoms with Crippen LogP contribution in [-0.4, -0.2) is 11.9 Å². The number of aryl methyl sites for hydroxylation is 1. The third-order valence-electron chi connectivity index (χ3n) is 2.31. The molecule has 1 unspecified atom stereocenters. The second-order valence-corrected chi connectivity index (χ2v) is 5.02. The van der Waals surface area contributed by atoms with Gasteiger partial charge in [0.2, 0.25) is 5.91 Å². The lowest BCUT2D eigenvalue weighted by atomic mass is 10.0. The molecule has 16 heavy (non-hydrogen) atoms. The van der Waals surface area contributed by atoms with Gasteiger partial charge in [-0.25, -0.2) is 0 Å². The van der Waals surface area contributed by atoms with E-state index < -0.39 is 6.04 Å². The van der Waals surface area contributed by atoms with Crippen LogP contribution in [0.3, 0.4) is 0 Å². The topological polar surface area (TPSA) is 55.1 Å². The molecule has 1 atom stereocenters. The Morgan fingerprint density at radius 3 is 2.50 bits per heavy atom. The van der Waals surface area contributed by atoms with Crippen molar-refractivity contribution in [2.45, 2.75) is 32.9 Å². The number of halogens is 1. The maximum absolute atomic E-state index is 11.4. The molecule has 1 aromatic carbocycles. The zero-order chi connectivity index (χ0) is 12.3. The van der Waals surface area contributed by atoms with Gasteiger partial charge in [-0.3, -0.25) is 10.1 Å². The summed E-state index contributed by atoms with van der Waals surface area (Å²) in [4.78, 5) is 11.4. The van der Waals surface area contributed by atoms with E-state index in [1.54, 1.807) is 0 Å². The van der Waals surface area contributed by atoms with Crippen LogP contribution in [-0.2, 0) is 4.79 Å². The van der Waals surface area contributed by atoms with E-state index >= 15 is 0 Å². The van der Waals surface area contributed by atoms with Crippen LogP contribution >= 0.6 is 15.9 Å². The zero-order valence-corrected chi connectivity index (χ0v) is 11.3. The van der Waals surface area contributed by atoms with Gasteiger partial charge in [-0.15, -0.1) is 0 Å². The van der Waals surface area contributed by atoms with Crippen molar-refractivity contribution in [3.8, 4) is 0 Å². The van der Waals surface area contributed by atoms with Crippen molar-refractivity contribution in [2.75, 3.05) is 0 Å². The highest BCUT2D eigenvalue weighted by molar-refractivity contribution is 9.10. The maximum Gasteiger partial charge on any atom is 0.239 e. The van der Waals surface area contributed by atoms with Crippen molar-refractivity contribution in [3.63, 3.8) is 0 Å². The van der Waals surface area contributed by atoms with E-state index in [4.69, 9.17) is 5.73 Å². The normalized spacial score (nSPS) is 12.8. The number of nitrogens with two attached hydrogens (primary N) is 1. The van der Waals surface area contributed by atoms with Crippen LogP contribution in [0.4, 0.5) is 0 Å². The van der Waals surface area contributed by atoms with Gasteiger partial charge in [0, 0.05) is 10.5 Å². The largest absolute Gasteiger partial charge is 0.368 e. The number of hydrogen-bond acceptors (Lipinski definition) is 2. The minimum absolute atomic E-state index is 0.206. The van der Waals surface area contributed by atoms with Crippen LogP contribution in [0.15, 0.2) is 22.7 Å². The molecule has 3 N–H and O–H groups in total. The molecule has 1 amide bonds. The Labute approximate surface area is 105 Å². The Hall–Kier alpha value is -0.870. The van der Waals surface area contributed by atoms with Gasteiger partial charge in [0.1, 0.15) is 6.04 Å². The Morgan fingerprint density at radius 2 is 2.06 bits per heavy atom. The second-order valence-electron chi connectivity index (χ2n) is 4.17. The minimum Gasteiger partial charge on any atom is -0.368 e. The molecule has 0 spiro atoms. The van der Waals surface area contributed by atoms with Crippen LogP contribution in [0.2, 0.25) is 0 Å². The highest BCUT2D eigenvalue weighted by atomic mass is 79.9. The Kier molecular flexibility index (Phi) is 4.50. The Balaban J connectivity index is 3.01.